The lowest BCUT2D eigenvalue weighted by atomic mass is 10.0. The van der Waals surface area contributed by atoms with Crippen molar-refractivity contribution in [2.75, 3.05) is 5.73 Å². The van der Waals surface area contributed by atoms with Crippen LogP contribution in [0.15, 0.2) is 42.7 Å². The molecule has 0 fully saturated rings. The monoisotopic (exact) mass is 448 g/mol. The number of aromatic carboxylic acids is 1. The number of benzene rings is 1. The molecule has 3 N–H and O–H groups in total. The lowest BCUT2D eigenvalue weighted by Gasteiger charge is -2.05. The standard InChI is InChI=1S/C20H18Cl2N4O4/c21-12-4-6-14(17(22)9-12)15-10-25(11-16(15)20(27)28)8-2-1-3-13-5-7-18(26(29)30)19(23)24-13/h4-7,9-11H,1-3,8H2,(H2,23,24)(H,27,28). The first-order valence-electron chi connectivity index (χ1n) is 9.04. The number of hydrogen-bond donors (Lipinski definition) is 2. The molecule has 0 saturated heterocycles. The molecule has 156 valence electrons. The second kappa shape index (κ2) is 9.15. The molecule has 0 unspecified atom stereocenters. The van der Waals surface area contributed by atoms with Crippen LogP contribution in [0.2, 0.25) is 10.0 Å². The van der Waals surface area contributed by atoms with Gasteiger partial charge in [-0.25, -0.2) is 9.78 Å². The summed E-state index contributed by atoms with van der Waals surface area (Å²) in [4.78, 5) is 25.9. The van der Waals surface area contributed by atoms with Crippen LogP contribution < -0.4 is 5.73 Å². The number of nitrogens with zero attached hydrogens (tertiary/aromatic N) is 3. The zero-order chi connectivity index (χ0) is 21.8. The Morgan fingerprint density at radius 2 is 1.93 bits per heavy atom. The van der Waals surface area contributed by atoms with Crippen molar-refractivity contribution in [2.45, 2.75) is 25.8 Å². The van der Waals surface area contributed by atoms with E-state index in [1.807, 2.05) is 0 Å². The number of aryl methyl sites for hydroxylation is 2. The van der Waals surface area contributed by atoms with E-state index in [9.17, 15) is 20.0 Å². The number of aromatic nitrogens is 2. The van der Waals surface area contributed by atoms with Crippen molar-refractivity contribution >= 4 is 40.7 Å². The number of nitrogen functional groups attached to an aromatic ring is 1. The lowest BCUT2D eigenvalue weighted by Crippen LogP contribution is -2.02. The van der Waals surface area contributed by atoms with Gasteiger partial charge in [0, 0.05) is 51.9 Å². The van der Waals surface area contributed by atoms with Gasteiger partial charge in [0.25, 0.3) is 0 Å². The van der Waals surface area contributed by atoms with E-state index in [0.717, 1.165) is 12.8 Å². The minimum Gasteiger partial charge on any atom is -0.478 e. The molecule has 0 aliphatic rings. The second-order valence-corrected chi connectivity index (χ2v) is 7.52. The van der Waals surface area contributed by atoms with E-state index < -0.39 is 10.9 Å². The number of hydrogen-bond acceptors (Lipinski definition) is 5. The average molecular weight is 449 g/mol. The smallest absolute Gasteiger partial charge is 0.337 e. The van der Waals surface area contributed by atoms with Gasteiger partial charge < -0.3 is 15.4 Å². The molecule has 0 aliphatic heterocycles. The van der Waals surface area contributed by atoms with Gasteiger partial charge in [-0.05, 0) is 37.5 Å². The summed E-state index contributed by atoms with van der Waals surface area (Å²) >= 11 is 12.2. The highest BCUT2D eigenvalue weighted by molar-refractivity contribution is 6.36. The number of pyridine rings is 1. The van der Waals surface area contributed by atoms with Crippen molar-refractivity contribution in [3.05, 3.63) is 74.1 Å². The van der Waals surface area contributed by atoms with Gasteiger partial charge in [-0.15, -0.1) is 0 Å². The quantitative estimate of drug-likeness (QED) is 0.281. The highest BCUT2D eigenvalue weighted by atomic mass is 35.5. The first-order chi connectivity index (χ1) is 14.3. The first-order valence-corrected chi connectivity index (χ1v) is 9.80. The zero-order valence-corrected chi connectivity index (χ0v) is 17.2. The van der Waals surface area contributed by atoms with Crippen LogP contribution in [-0.2, 0) is 13.0 Å². The Labute approximate surface area is 182 Å². The fraction of sp³-hybridized carbons (Fsp3) is 0.200. The molecule has 2 heterocycles. The van der Waals surface area contributed by atoms with E-state index in [1.54, 1.807) is 41.2 Å². The van der Waals surface area contributed by atoms with E-state index in [-0.39, 0.29) is 17.1 Å². The van der Waals surface area contributed by atoms with Gasteiger partial charge >= 0.3 is 11.7 Å². The van der Waals surface area contributed by atoms with Gasteiger partial charge in [0.05, 0.1) is 10.5 Å². The van der Waals surface area contributed by atoms with Crippen LogP contribution in [0.4, 0.5) is 11.5 Å². The Bertz CT molecular complexity index is 1110. The number of rotatable bonds is 8. The largest absolute Gasteiger partial charge is 0.478 e. The Kier molecular flexibility index (Phi) is 6.59. The number of carboxylic acid groups (broad SMARTS) is 1. The third-order valence-electron chi connectivity index (χ3n) is 4.59. The van der Waals surface area contributed by atoms with Crippen LogP contribution in [-0.4, -0.2) is 25.6 Å². The summed E-state index contributed by atoms with van der Waals surface area (Å²) in [6.45, 7) is 0.591. The van der Waals surface area contributed by atoms with Crippen LogP contribution >= 0.6 is 23.2 Å². The van der Waals surface area contributed by atoms with Gasteiger partial charge in [-0.2, -0.15) is 0 Å². The van der Waals surface area contributed by atoms with E-state index in [1.165, 1.54) is 6.07 Å². The Hall–Kier alpha value is -3.10. The van der Waals surface area contributed by atoms with Crippen LogP contribution in [0.5, 0.6) is 0 Å². The van der Waals surface area contributed by atoms with Gasteiger partial charge in [-0.3, -0.25) is 10.1 Å². The van der Waals surface area contributed by atoms with Crippen molar-refractivity contribution in [3.8, 4) is 11.1 Å². The fourth-order valence-electron chi connectivity index (χ4n) is 3.13. The molecule has 0 bridgehead atoms. The normalized spacial score (nSPS) is 10.9. The number of unbranched alkanes of at least 4 members (excludes halogenated alkanes) is 1. The Balaban J connectivity index is 1.67. The molecule has 30 heavy (non-hydrogen) atoms. The maximum atomic E-state index is 11.7. The van der Waals surface area contributed by atoms with Crippen molar-refractivity contribution in [2.24, 2.45) is 0 Å². The third-order valence-corrected chi connectivity index (χ3v) is 5.14. The molecule has 0 atom stereocenters. The van der Waals surface area contributed by atoms with Crippen LogP contribution in [0.25, 0.3) is 11.1 Å². The minimum atomic E-state index is -1.04. The van der Waals surface area contributed by atoms with Crippen molar-refractivity contribution in [3.63, 3.8) is 0 Å². The molecule has 8 nitrogen and oxygen atoms in total. The molecular formula is C20H18Cl2N4O4. The predicted octanol–water partition coefficient (Wildman–Crippen LogP) is 5.07. The molecular weight excluding hydrogens is 431 g/mol. The molecule has 2 aromatic heterocycles. The maximum Gasteiger partial charge on any atom is 0.337 e. The SMILES string of the molecule is Nc1nc(CCCCn2cc(C(=O)O)c(-c3ccc(Cl)cc3Cl)c2)ccc1[N+](=O)[O-]. The summed E-state index contributed by atoms with van der Waals surface area (Å²) in [5.74, 6) is -1.14. The second-order valence-electron chi connectivity index (χ2n) is 6.67. The van der Waals surface area contributed by atoms with E-state index in [2.05, 4.69) is 4.98 Å². The van der Waals surface area contributed by atoms with Gasteiger partial charge in [0.1, 0.15) is 0 Å². The molecule has 1 aromatic carbocycles. The summed E-state index contributed by atoms with van der Waals surface area (Å²) in [6.07, 6.45) is 5.43. The highest BCUT2D eigenvalue weighted by Gasteiger charge is 2.17. The van der Waals surface area contributed by atoms with Crippen LogP contribution in [0, 0.1) is 10.1 Å². The number of carbonyl (C=O) groups is 1. The predicted molar refractivity (Wildman–Crippen MR) is 115 cm³/mol. The van der Waals surface area contributed by atoms with Gasteiger partial charge in [0.2, 0.25) is 5.82 Å². The molecule has 0 saturated carbocycles. The topological polar surface area (TPSA) is 124 Å². The number of nitrogens with two attached hydrogens (primary N) is 1. The molecule has 0 radical (unpaired) electrons. The summed E-state index contributed by atoms with van der Waals surface area (Å²) in [6, 6.07) is 7.87. The summed E-state index contributed by atoms with van der Waals surface area (Å²) in [5, 5.41) is 21.2. The maximum absolute atomic E-state index is 11.7. The molecule has 10 heteroatoms. The van der Waals surface area contributed by atoms with Crippen molar-refractivity contribution < 1.29 is 14.8 Å². The minimum absolute atomic E-state index is 0.0986. The average Bonchev–Trinajstić information content (AvgIpc) is 3.09. The Morgan fingerprint density at radius 3 is 2.57 bits per heavy atom. The third kappa shape index (κ3) is 4.90. The van der Waals surface area contributed by atoms with E-state index in [0.29, 0.717) is 39.8 Å². The van der Waals surface area contributed by atoms with Gasteiger partial charge in [0.15, 0.2) is 0 Å². The first kappa shape index (κ1) is 21.6. The molecule has 3 aromatic rings. The number of halogens is 2. The molecule has 0 amide bonds. The van der Waals surface area contributed by atoms with Crippen LogP contribution in [0.1, 0.15) is 28.9 Å². The molecule has 3 rings (SSSR count). The van der Waals surface area contributed by atoms with Crippen molar-refractivity contribution in [1.82, 2.24) is 9.55 Å². The number of anilines is 1. The number of nitro groups is 1. The van der Waals surface area contributed by atoms with Crippen LogP contribution in [0.3, 0.4) is 0 Å². The van der Waals surface area contributed by atoms with E-state index in [4.69, 9.17) is 28.9 Å². The summed E-state index contributed by atoms with van der Waals surface area (Å²) in [7, 11) is 0. The molecule has 0 aliphatic carbocycles. The number of carboxylic acids is 1. The fourth-order valence-corrected chi connectivity index (χ4v) is 3.64. The lowest BCUT2D eigenvalue weighted by molar-refractivity contribution is -0.384. The summed E-state index contributed by atoms with van der Waals surface area (Å²) < 4.78 is 1.81. The highest BCUT2D eigenvalue weighted by Crippen LogP contribution is 2.33. The zero-order valence-electron chi connectivity index (χ0n) is 15.7. The van der Waals surface area contributed by atoms with E-state index >= 15 is 0 Å². The Morgan fingerprint density at radius 1 is 1.17 bits per heavy atom. The van der Waals surface area contributed by atoms with Gasteiger partial charge in [-0.1, -0.05) is 29.3 Å². The molecule has 0 spiro atoms. The summed E-state index contributed by atoms with van der Waals surface area (Å²) in [5.41, 5.74) is 7.35. The van der Waals surface area contributed by atoms with Crippen molar-refractivity contribution in [1.29, 1.82) is 0 Å².